The van der Waals surface area contributed by atoms with Gasteiger partial charge in [0.25, 0.3) is 6.20 Å². The SMILES string of the molecule is CC1CN(c2c([N+](=O)[O-])c[n+]([O-])c3c2CCC3)CC(NC(=O)OC(C)(C)C)C1O. The molecule has 0 radical (unpaired) electrons. The second-order valence-corrected chi connectivity index (χ2v) is 8.85. The molecule has 1 fully saturated rings. The summed E-state index contributed by atoms with van der Waals surface area (Å²) in [7, 11) is 0. The largest absolute Gasteiger partial charge is 0.618 e. The molecule has 3 atom stereocenters. The summed E-state index contributed by atoms with van der Waals surface area (Å²) in [4.78, 5) is 25.1. The summed E-state index contributed by atoms with van der Waals surface area (Å²) in [6, 6.07) is -0.662. The highest BCUT2D eigenvalue weighted by Gasteiger charge is 2.41. The number of carbonyl (C=O) groups excluding carboxylic acids is 1. The number of amides is 1. The van der Waals surface area contributed by atoms with Crippen LogP contribution in [0.15, 0.2) is 6.20 Å². The molecule has 1 saturated heterocycles. The first-order valence-electron chi connectivity index (χ1n) is 9.82. The molecule has 0 bridgehead atoms. The highest BCUT2D eigenvalue weighted by atomic mass is 16.6. The summed E-state index contributed by atoms with van der Waals surface area (Å²) >= 11 is 0. The van der Waals surface area contributed by atoms with E-state index in [0.29, 0.717) is 41.1 Å². The van der Waals surface area contributed by atoms with Crippen molar-refractivity contribution in [3.63, 3.8) is 0 Å². The van der Waals surface area contributed by atoms with Gasteiger partial charge in [-0.1, -0.05) is 6.92 Å². The van der Waals surface area contributed by atoms with Crippen LogP contribution in [0.3, 0.4) is 0 Å². The van der Waals surface area contributed by atoms with E-state index in [1.54, 1.807) is 20.8 Å². The molecule has 160 valence electrons. The maximum Gasteiger partial charge on any atom is 0.408 e. The highest BCUT2D eigenvalue weighted by molar-refractivity contribution is 5.70. The summed E-state index contributed by atoms with van der Waals surface area (Å²) in [5.74, 6) is -0.250. The van der Waals surface area contributed by atoms with Gasteiger partial charge in [-0.2, -0.15) is 4.73 Å². The zero-order chi connectivity index (χ0) is 21.5. The van der Waals surface area contributed by atoms with Crippen molar-refractivity contribution in [1.29, 1.82) is 0 Å². The number of fused-ring (bicyclic) bond motifs is 1. The molecule has 3 unspecified atom stereocenters. The summed E-state index contributed by atoms with van der Waals surface area (Å²) in [5.41, 5.74) is 0.731. The van der Waals surface area contributed by atoms with Crippen molar-refractivity contribution in [2.24, 2.45) is 5.92 Å². The number of nitro groups is 1. The number of aromatic nitrogens is 1. The standard InChI is InChI=1S/C19H28N4O6/c1-11-8-21(9-13(17(11)24)20-18(25)29-19(2,3)4)16-12-6-5-7-14(12)22(26)10-15(16)23(27)28/h10-11,13,17,24H,5-9H2,1-4H3,(H,20,25). The van der Waals surface area contributed by atoms with Gasteiger partial charge in [0.2, 0.25) is 0 Å². The Morgan fingerprint density at radius 2 is 2.07 bits per heavy atom. The second kappa shape index (κ2) is 7.66. The van der Waals surface area contributed by atoms with Crippen LogP contribution in [0.2, 0.25) is 0 Å². The molecule has 1 aromatic heterocycles. The molecule has 10 nitrogen and oxygen atoms in total. The molecule has 29 heavy (non-hydrogen) atoms. The van der Waals surface area contributed by atoms with E-state index in [-0.39, 0.29) is 18.2 Å². The Kier molecular flexibility index (Phi) is 5.57. The number of carbonyl (C=O) groups is 1. The van der Waals surface area contributed by atoms with Crippen LogP contribution in [-0.4, -0.2) is 47.0 Å². The minimum atomic E-state index is -0.820. The van der Waals surface area contributed by atoms with Crippen molar-refractivity contribution in [1.82, 2.24) is 5.32 Å². The third kappa shape index (κ3) is 4.36. The van der Waals surface area contributed by atoms with Crippen molar-refractivity contribution >= 4 is 17.5 Å². The number of alkyl carbamates (subject to hydrolysis) is 1. The number of anilines is 1. The summed E-state index contributed by atoms with van der Waals surface area (Å²) in [6.07, 6.45) is 1.48. The third-order valence-electron chi connectivity index (χ3n) is 5.36. The zero-order valence-electron chi connectivity index (χ0n) is 17.2. The van der Waals surface area contributed by atoms with Crippen molar-refractivity contribution in [3.05, 3.63) is 32.8 Å². The quantitative estimate of drug-likeness (QED) is 0.335. The lowest BCUT2D eigenvalue weighted by molar-refractivity contribution is -0.617. The first kappa shape index (κ1) is 21.1. The molecule has 2 aliphatic rings. The number of aliphatic hydroxyl groups is 1. The van der Waals surface area contributed by atoms with Crippen LogP contribution in [0.25, 0.3) is 0 Å². The number of ether oxygens (including phenoxy) is 1. The minimum Gasteiger partial charge on any atom is -0.618 e. The lowest BCUT2D eigenvalue weighted by Gasteiger charge is -2.41. The van der Waals surface area contributed by atoms with Crippen molar-refractivity contribution < 1.29 is 24.3 Å². The molecule has 1 aromatic rings. The van der Waals surface area contributed by atoms with E-state index in [0.717, 1.165) is 12.6 Å². The van der Waals surface area contributed by atoms with E-state index >= 15 is 0 Å². The van der Waals surface area contributed by atoms with Gasteiger partial charge >= 0.3 is 11.8 Å². The van der Waals surface area contributed by atoms with Crippen LogP contribution in [0, 0.1) is 21.2 Å². The van der Waals surface area contributed by atoms with E-state index in [9.17, 15) is 25.2 Å². The van der Waals surface area contributed by atoms with E-state index in [2.05, 4.69) is 5.32 Å². The van der Waals surface area contributed by atoms with Crippen molar-refractivity contribution in [3.8, 4) is 0 Å². The lowest BCUT2D eigenvalue weighted by atomic mass is 9.91. The summed E-state index contributed by atoms with van der Waals surface area (Å²) < 4.78 is 5.88. The van der Waals surface area contributed by atoms with E-state index in [4.69, 9.17) is 4.74 Å². The Hall–Kier alpha value is -2.62. The van der Waals surface area contributed by atoms with Crippen LogP contribution in [0.5, 0.6) is 0 Å². The number of hydrogen-bond acceptors (Lipinski definition) is 7. The van der Waals surface area contributed by atoms with Crippen LogP contribution >= 0.6 is 0 Å². The topological polar surface area (TPSA) is 132 Å². The molecule has 3 rings (SSSR count). The monoisotopic (exact) mass is 408 g/mol. The Morgan fingerprint density at radius 3 is 2.69 bits per heavy atom. The van der Waals surface area contributed by atoms with Crippen molar-refractivity contribution in [2.45, 2.75) is 64.7 Å². The maximum absolute atomic E-state index is 12.2. The fourth-order valence-corrected chi connectivity index (χ4v) is 4.16. The number of piperidine rings is 1. The van der Waals surface area contributed by atoms with Crippen molar-refractivity contribution in [2.75, 3.05) is 18.0 Å². The first-order valence-corrected chi connectivity index (χ1v) is 9.82. The fraction of sp³-hybridized carbons (Fsp3) is 0.684. The summed E-state index contributed by atoms with van der Waals surface area (Å²) in [5, 5.41) is 37.2. The number of nitrogens with one attached hydrogen (secondary N) is 1. The number of aliphatic hydroxyl groups excluding tert-OH is 1. The van der Waals surface area contributed by atoms with E-state index < -0.39 is 28.8 Å². The molecule has 0 saturated carbocycles. The number of hydrogen-bond donors (Lipinski definition) is 2. The zero-order valence-corrected chi connectivity index (χ0v) is 17.2. The van der Waals surface area contributed by atoms with Gasteiger partial charge in [-0.3, -0.25) is 10.1 Å². The molecular formula is C19H28N4O6. The van der Waals surface area contributed by atoms with Gasteiger partial charge in [0.1, 0.15) is 11.3 Å². The Balaban J connectivity index is 1.92. The minimum absolute atomic E-state index is 0.181. The van der Waals surface area contributed by atoms with E-state index in [1.807, 2.05) is 11.8 Å². The molecule has 1 aliphatic heterocycles. The number of pyridine rings is 1. The molecule has 0 spiro atoms. The highest BCUT2D eigenvalue weighted by Crippen LogP contribution is 2.38. The molecular weight excluding hydrogens is 380 g/mol. The smallest absolute Gasteiger partial charge is 0.408 e. The average molecular weight is 408 g/mol. The summed E-state index contributed by atoms with van der Waals surface area (Å²) in [6.45, 7) is 7.61. The second-order valence-electron chi connectivity index (χ2n) is 8.85. The Labute approximate surface area is 169 Å². The predicted molar refractivity (Wildman–Crippen MR) is 105 cm³/mol. The lowest BCUT2D eigenvalue weighted by Crippen LogP contribution is -2.59. The normalized spacial score (nSPS) is 24.2. The number of nitrogens with zero attached hydrogens (tertiary/aromatic N) is 3. The maximum atomic E-state index is 12.2. The average Bonchev–Trinajstić information content (AvgIpc) is 3.07. The van der Waals surface area contributed by atoms with Crippen LogP contribution in [-0.2, 0) is 17.6 Å². The van der Waals surface area contributed by atoms with Crippen LogP contribution < -0.4 is 14.9 Å². The van der Waals surface area contributed by atoms with Gasteiger partial charge in [-0.25, -0.2) is 4.79 Å². The van der Waals surface area contributed by atoms with Gasteiger partial charge < -0.3 is 25.3 Å². The molecule has 1 amide bonds. The van der Waals surface area contributed by atoms with E-state index in [1.165, 1.54) is 0 Å². The van der Waals surface area contributed by atoms with Gasteiger partial charge in [-0.15, -0.1) is 0 Å². The van der Waals surface area contributed by atoms with Gasteiger partial charge in [-0.05, 0) is 33.6 Å². The molecule has 2 N–H and O–H groups in total. The third-order valence-corrected chi connectivity index (χ3v) is 5.36. The van der Waals surface area contributed by atoms with Gasteiger partial charge in [0.05, 0.1) is 22.6 Å². The molecule has 2 heterocycles. The predicted octanol–water partition coefficient (Wildman–Crippen LogP) is 1.43. The van der Waals surface area contributed by atoms with Crippen LogP contribution in [0.4, 0.5) is 16.2 Å². The Morgan fingerprint density at radius 1 is 1.38 bits per heavy atom. The Bertz CT molecular complexity index is 822. The number of rotatable bonds is 3. The van der Waals surface area contributed by atoms with Gasteiger partial charge in [0.15, 0.2) is 5.69 Å². The molecule has 0 aromatic carbocycles. The van der Waals surface area contributed by atoms with Gasteiger partial charge in [0, 0.05) is 25.4 Å². The first-order chi connectivity index (χ1) is 13.5. The molecule has 1 aliphatic carbocycles. The molecule has 10 heteroatoms. The van der Waals surface area contributed by atoms with Crippen LogP contribution in [0.1, 0.15) is 45.4 Å². The fourth-order valence-electron chi connectivity index (χ4n) is 4.16.